The molecule has 3 aliphatic rings. The van der Waals surface area contributed by atoms with E-state index < -0.39 is 0 Å². The normalized spacial score (nSPS) is 26.1. The molecule has 136 valence electrons. The van der Waals surface area contributed by atoms with Gasteiger partial charge in [0.05, 0.1) is 18.8 Å². The number of hydrogen-bond donors (Lipinski definition) is 2. The molecule has 1 unspecified atom stereocenters. The second-order valence-corrected chi connectivity index (χ2v) is 7.77. The minimum absolute atomic E-state index is 0.133. The predicted octanol–water partition coefficient (Wildman–Crippen LogP) is 1.43. The molecule has 1 aromatic rings. The van der Waals surface area contributed by atoms with Gasteiger partial charge in [-0.1, -0.05) is 12.1 Å². The van der Waals surface area contributed by atoms with E-state index in [1.54, 1.807) is 0 Å². The van der Waals surface area contributed by atoms with Crippen molar-refractivity contribution in [3.8, 4) is 0 Å². The lowest BCUT2D eigenvalue weighted by atomic mass is 9.90. The van der Waals surface area contributed by atoms with Crippen molar-refractivity contribution < 1.29 is 9.53 Å². The van der Waals surface area contributed by atoms with E-state index in [0.29, 0.717) is 19.1 Å². The van der Waals surface area contributed by atoms with Crippen LogP contribution >= 0.6 is 0 Å². The molecule has 25 heavy (non-hydrogen) atoms. The molecule has 2 N–H and O–H groups in total. The van der Waals surface area contributed by atoms with Gasteiger partial charge < -0.3 is 20.3 Å². The maximum absolute atomic E-state index is 13.1. The number of amides is 1. The molecule has 3 heterocycles. The average molecular weight is 343 g/mol. The van der Waals surface area contributed by atoms with Gasteiger partial charge in [-0.25, -0.2) is 0 Å². The van der Waals surface area contributed by atoms with Gasteiger partial charge in [-0.05, 0) is 75.5 Å². The summed E-state index contributed by atoms with van der Waals surface area (Å²) in [4.78, 5) is 15.1. The van der Waals surface area contributed by atoms with E-state index in [-0.39, 0.29) is 11.5 Å². The van der Waals surface area contributed by atoms with Crippen molar-refractivity contribution in [2.24, 2.45) is 5.92 Å². The number of carbonyl (C=O) groups is 1. The largest absolute Gasteiger partial charge is 0.371 e. The zero-order valence-electron chi connectivity index (χ0n) is 14.9. The molecule has 1 aromatic carbocycles. The molecule has 0 aliphatic carbocycles. The fraction of sp³-hybridized carbons (Fsp3) is 0.650. The van der Waals surface area contributed by atoms with Crippen molar-refractivity contribution in [3.63, 3.8) is 0 Å². The van der Waals surface area contributed by atoms with Gasteiger partial charge in [0.1, 0.15) is 0 Å². The smallest absolute Gasteiger partial charge is 0.254 e. The molecule has 0 bridgehead atoms. The molecule has 0 saturated carbocycles. The van der Waals surface area contributed by atoms with E-state index in [2.05, 4.69) is 22.8 Å². The summed E-state index contributed by atoms with van der Waals surface area (Å²) in [6.45, 7) is 6.25. The molecule has 1 spiro atoms. The standard InChI is InChI=1S/C20H29N3O2/c24-19(23-10-11-25-20(15-23)5-8-21-9-6-20)18-3-1-2-16(13-18)12-17-4-7-22-14-17/h1-3,13,17,21-22H,4-12,14-15H2. The average Bonchev–Trinajstić information content (AvgIpc) is 3.15. The van der Waals surface area contributed by atoms with E-state index in [1.807, 2.05) is 17.0 Å². The molecule has 3 aliphatic heterocycles. The third kappa shape index (κ3) is 3.89. The van der Waals surface area contributed by atoms with Crippen LogP contribution < -0.4 is 10.6 Å². The van der Waals surface area contributed by atoms with Crippen molar-refractivity contribution >= 4 is 5.91 Å². The maximum atomic E-state index is 13.1. The van der Waals surface area contributed by atoms with Gasteiger partial charge >= 0.3 is 0 Å². The molecule has 1 atom stereocenters. The summed E-state index contributed by atoms with van der Waals surface area (Å²) in [6, 6.07) is 8.25. The summed E-state index contributed by atoms with van der Waals surface area (Å²) >= 11 is 0. The lowest BCUT2D eigenvalue weighted by Crippen LogP contribution is -2.57. The highest BCUT2D eigenvalue weighted by Crippen LogP contribution is 2.28. The van der Waals surface area contributed by atoms with Crippen molar-refractivity contribution in [2.75, 3.05) is 45.9 Å². The third-order valence-electron chi connectivity index (χ3n) is 5.91. The topological polar surface area (TPSA) is 53.6 Å². The summed E-state index contributed by atoms with van der Waals surface area (Å²) in [6.07, 6.45) is 4.28. The first kappa shape index (κ1) is 17.0. The van der Waals surface area contributed by atoms with Crippen molar-refractivity contribution in [1.82, 2.24) is 15.5 Å². The molecule has 3 saturated heterocycles. The van der Waals surface area contributed by atoms with Crippen LogP contribution in [0, 0.1) is 5.92 Å². The number of hydrogen-bond acceptors (Lipinski definition) is 4. The van der Waals surface area contributed by atoms with Crippen LogP contribution in [0.25, 0.3) is 0 Å². The Balaban J connectivity index is 1.44. The van der Waals surface area contributed by atoms with Crippen LogP contribution in [0.15, 0.2) is 24.3 Å². The summed E-state index contributed by atoms with van der Waals surface area (Å²) < 4.78 is 6.09. The van der Waals surface area contributed by atoms with Crippen LogP contribution in [0.2, 0.25) is 0 Å². The number of benzene rings is 1. The molecule has 4 rings (SSSR count). The highest BCUT2D eigenvalue weighted by atomic mass is 16.5. The lowest BCUT2D eigenvalue weighted by molar-refractivity contribution is -0.114. The number of carbonyl (C=O) groups excluding carboxylic acids is 1. The lowest BCUT2D eigenvalue weighted by Gasteiger charge is -2.45. The zero-order valence-corrected chi connectivity index (χ0v) is 14.9. The fourth-order valence-corrected chi connectivity index (χ4v) is 4.44. The van der Waals surface area contributed by atoms with E-state index in [1.165, 1.54) is 12.0 Å². The molecular weight excluding hydrogens is 314 g/mol. The van der Waals surface area contributed by atoms with Crippen molar-refractivity contribution in [1.29, 1.82) is 0 Å². The number of ether oxygens (including phenoxy) is 1. The second-order valence-electron chi connectivity index (χ2n) is 7.77. The summed E-state index contributed by atoms with van der Waals surface area (Å²) in [7, 11) is 0. The molecule has 5 nitrogen and oxygen atoms in total. The Morgan fingerprint density at radius 2 is 2.12 bits per heavy atom. The Bertz CT molecular complexity index is 601. The van der Waals surface area contributed by atoms with Gasteiger partial charge in [-0.2, -0.15) is 0 Å². The summed E-state index contributed by atoms with van der Waals surface area (Å²) in [5, 5.41) is 6.81. The monoisotopic (exact) mass is 343 g/mol. The minimum atomic E-state index is -0.133. The van der Waals surface area contributed by atoms with E-state index in [9.17, 15) is 4.79 Å². The van der Waals surface area contributed by atoms with Crippen molar-refractivity contribution in [3.05, 3.63) is 35.4 Å². The number of piperidine rings is 1. The number of nitrogens with one attached hydrogen (secondary N) is 2. The maximum Gasteiger partial charge on any atom is 0.254 e. The van der Waals surface area contributed by atoms with Gasteiger partial charge in [0.25, 0.3) is 5.91 Å². The first-order valence-electron chi connectivity index (χ1n) is 9.68. The van der Waals surface area contributed by atoms with Gasteiger partial charge in [0.15, 0.2) is 0 Å². The van der Waals surface area contributed by atoms with Crippen LogP contribution in [-0.4, -0.2) is 62.3 Å². The number of rotatable bonds is 3. The molecule has 0 radical (unpaired) electrons. The van der Waals surface area contributed by atoms with E-state index in [0.717, 1.165) is 57.5 Å². The third-order valence-corrected chi connectivity index (χ3v) is 5.91. The van der Waals surface area contributed by atoms with Crippen molar-refractivity contribution in [2.45, 2.75) is 31.3 Å². The van der Waals surface area contributed by atoms with Gasteiger partial charge in [-0.15, -0.1) is 0 Å². The van der Waals surface area contributed by atoms with Gasteiger partial charge in [0, 0.05) is 12.1 Å². The van der Waals surface area contributed by atoms with Crippen LogP contribution in [0.5, 0.6) is 0 Å². The van der Waals surface area contributed by atoms with E-state index >= 15 is 0 Å². The molecular formula is C20H29N3O2. The first-order chi connectivity index (χ1) is 12.2. The molecule has 3 fully saturated rings. The van der Waals surface area contributed by atoms with Crippen LogP contribution in [0.3, 0.4) is 0 Å². The van der Waals surface area contributed by atoms with Gasteiger partial charge in [-0.3, -0.25) is 4.79 Å². The van der Waals surface area contributed by atoms with Gasteiger partial charge in [0.2, 0.25) is 0 Å². The second kappa shape index (κ2) is 7.44. The summed E-state index contributed by atoms with van der Waals surface area (Å²) in [5.41, 5.74) is 1.98. The highest BCUT2D eigenvalue weighted by Gasteiger charge is 2.39. The molecule has 0 aromatic heterocycles. The quantitative estimate of drug-likeness (QED) is 0.872. The fourth-order valence-electron chi connectivity index (χ4n) is 4.44. The Kier molecular flexibility index (Phi) is 5.06. The Morgan fingerprint density at radius 1 is 1.24 bits per heavy atom. The molecule has 1 amide bonds. The first-order valence-corrected chi connectivity index (χ1v) is 9.68. The zero-order chi connectivity index (χ0) is 17.1. The highest BCUT2D eigenvalue weighted by molar-refractivity contribution is 5.94. The Morgan fingerprint density at radius 3 is 2.92 bits per heavy atom. The van der Waals surface area contributed by atoms with E-state index in [4.69, 9.17) is 4.74 Å². The Labute approximate surface area is 150 Å². The molecule has 5 heteroatoms. The number of nitrogens with zero attached hydrogens (tertiary/aromatic N) is 1. The minimum Gasteiger partial charge on any atom is -0.371 e. The van der Waals surface area contributed by atoms with Crippen LogP contribution in [0.1, 0.15) is 35.2 Å². The predicted molar refractivity (Wildman–Crippen MR) is 97.8 cm³/mol. The SMILES string of the molecule is O=C(c1cccc(CC2CCNC2)c1)N1CCOC2(CCNCC2)C1. The van der Waals surface area contributed by atoms with Crippen LogP contribution in [0.4, 0.5) is 0 Å². The number of morpholine rings is 1. The summed E-state index contributed by atoms with van der Waals surface area (Å²) in [5.74, 6) is 0.861. The Hall–Kier alpha value is -1.43. The van der Waals surface area contributed by atoms with Crippen LogP contribution in [-0.2, 0) is 11.2 Å².